The second kappa shape index (κ2) is 6.55. The third kappa shape index (κ3) is 4.27. The Labute approximate surface area is 112 Å². The highest BCUT2D eigenvalue weighted by Gasteiger charge is 2.33. The minimum absolute atomic E-state index is 0.234. The van der Waals surface area contributed by atoms with Crippen LogP contribution in [0.4, 0.5) is 0 Å². The Bertz CT molecular complexity index is 270. The lowest BCUT2D eigenvalue weighted by atomic mass is 9.90. The monoisotopic (exact) mass is 254 g/mol. The Kier molecular flexibility index (Phi) is 5.64. The summed E-state index contributed by atoms with van der Waals surface area (Å²) in [7, 11) is 0. The molecule has 0 aromatic heterocycles. The molecule has 0 spiro atoms. The van der Waals surface area contributed by atoms with Gasteiger partial charge in [0.1, 0.15) is 0 Å². The van der Waals surface area contributed by atoms with Crippen molar-refractivity contribution in [3.63, 3.8) is 0 Å². The Hall–Kier alpha value is -0.570. The zero-order chi connectivity index (χ0) is 13.8. The van der Waals surface area contributed by atoms with E-state index in [0.29, 0.717) is 30.8 Å². The second-order valence-corrected chi connectivity index (χ2v) is 6.73. The average molecular weight is 254 g/mol. The molecule has 1 amide bonds. The molecule has 1 saturated carbocycles. The maximum Gasteiger partial charge on any atom is 0.222 e. The number of hydrogen-bond donors (Lipinski definition) is 1. The van der Waals surface area contributed by atoms with Crippen LogP contribution in [0.1, 0.15) is 59.8 Å². The molecule has 3 heteroatoms. The lowest BCUT2D eigenvalue weighted by Gasteiger charge is -2.32. The Balaban J connectivity index is 2.57. The van der Waals surface area contributed by atoms with Gasteiger partial charge in [0.05, 0.1) is 0 Å². The number of amides is 1. The molecule has 2 atom stereocenters. The summed E-state index contributed by atoms with van der Waals surface area (Å²) in [5.41, 5.74) is 6.06. The molecular formula is C15H30N2O. The SMILES string of the molecule is CCN(C(=O)CCC(C)(C)C)C1CCCC1CN. The van der Waals surface area contributed by atoms with Gasteiger partial charge in [0, 0.05) is 19.0 Å². The molecule has 1 fully saturated rings. The van der Waals surface area contributed by atoms with Crippen LogP contribution < -0.4 is 5.73 Å². The number of nitrogens with two attached hydrogens (primary N) is 1. The summed E-state index contributed by atoms with van der Waals surface area (Å²) >= 11 is 0. The molecule has 0 aromatic carbocycles. The Morgan fingerprint density at radius 3 is 2.50 bits per heavy atom. The van der Waals surface area contributed by atoms with Crippen molar-refractivity contribution >= 4 is 5.91 Å². The fourth-order valence-corrected chi connectivity index (χ4v) is 2.92. The van der Waals surface area contributed by atoms with Gasteiger partial charge in [-0.1, -0.05) is 27.2 Å². The predicted octanol–water partition coefficient (Wildman–Crippen LogP) is 2.79. The summed E-state index contributed by atoms with van der Waals surface area (Å²) in [6.45, 7) is 10.2. The summed E-state index contributed by atoms with van der Waals surface area (Å²) in [5, 5.41) is 0. The second-order valence-electron chi connectivity index (χ2n) is 6.73. The molecule has 2 N–H and O–H groups in total. The summed E-state index contributed by atoms with van der Waals surface area (Å²) in [4.78, 5) is 14.4. The number of hydrogen-bond acceptors (Lipinski definition) is 2. The number of carbonyl (C=O) groups is 1. The fourth-order valence-electron chi connectivity index (χ4n) is 2.92. The van der Waals surface area contributed by atoms with Crippen LogP contribution in [0.2, 0.25) is 0 Å². The molecule has 1 aliphatic carbocycles. The van der Waals surface area contributed by atoms with Crippen molar-refractivity contribution < 1.29 is 4.79 Å². The summed E-state index contributed by atoms with van der Waals surface area (Å²) in [6.07, 6.45) is 5.17. The van der Waals surface area contributed by atoms with Crippen LogP contribution >= 0.6 is 0 Å². The van der Waals surface area contributed by atoms with Gasteiger partial charge in [0.15, 0.2) is 0 Å². The number of rotatable bonds is 5. The Morgan fingerprint density at radius 2 is 2.00 bits per heavy atom. The normalized spacial score (nSPS) is 24.3. The summed E-state index contributed by atoms with van der Waals surface area (Å²) < 4.78 is 0. The van der Waals surface area contributed by atoms with E-state index in [-0.39, 0.29) is 5.41 Å². The third-order valence-corrected chi connectivity index (χ3v) is 4.07. The molecule has 1 rings (SSSR count). The van der Waals surface area contributed by atoms with Crippen LogP contribution in [0, 0.1) is 11.3 Å². The van der Waals surface area contributed by atoms with Gasteiger partial charge in [-0.15, -0.1) is 0 Å². The van der Waals surface area contributed by atoms with Crippen molar-refractivity contribution in [1.82, 2.24) is 4.90 Å². The van der Waals surface area contributed by atoms with Gasteiger partial charge in [0.2, 0.25) is 5.91 Å². The first-order valence-corrected chi connectivity index (χ1v) is 7.38. The molecule has 0 radical (unpaired) electrons. The molecule has 0 saturated heterocycles. The standard InChI is InChI=1S/C15H30N2O/c1-5-17(13-8-6-7-12(13)11-16)14(18)9-10-15(2,3)4/h12-13H,5-11,16H2,1-4H3. The van der Waals surface area contributed by atoms with Gasteiger partial charge < -0.3 is 10.6 Å². The number of nitrogens with zero attached hydrogens (tertiary/aromatic N) is 1. The van der Waals surface area contributed by atoms with Gasteiger partial charge in [-0.3, -0.25) is 4.79 Å². The lowest BCUT2D eigenvalue weighted by Crippen LogP contribution is -2.44. The lowest BCUT2D eigenvalue weighted by molar-refractivity contribution is -0.134. The van der Waals surface area contributed by atoms with Crippen molar-refractivity contribution in [1.29, 1.82) is 0 Å². The quantitative estimate of drug-likeness (QED) is 0.820. The molecule has 1 aliphatic rings. The van der Waals surface area contributed by atoms with Crippen LogP contribution in [0.3, 0.4) is 0 Å². The molecule has 0 aromatic rings. The fraction of sp³-hybridized carbons (Fsp3) is 0.933. The zero-order valence-electron chi connectivity index (χ0n) is 12.5. The van der Waals surface area contributed by atoms with E-state index in [2.05, 4.69) is 32.6 Å². The molecule has 0 aliphatic heterocycles. The van der Waals surface area contributed by atoms with E-state index in [1.807, 2.05) is 0 Å². The maximum absolute atomic E-state index is 12.4. The van der Waals surface area contributed by atoms with Gasteiger partial charge in [-0.05, 0) is 44.1 Å². The average Bonchev–Trinajstić information content (AvgIpc) is 2.74. The topological polar surface area (TPSA) is 46.3 Å². The van der Waals surface area contributed by atoms with Gasteiger partial charge >= 0.3 is 0 Å². The van der Waals surface area contributed by atoms with Crippen LogP contribution in [0.15, 0.2) is 0 Å². The Morgan fingerprint density at radius 1 is 1.33 bits per heavy atom. The molecule has 18 heavy (non-hydrogen) atoms. The zero-order valence-corrected chi connectivity index (χ0v) is 12.5. The van der Waals surface area contributed by atoms with Crippen molar-refractivity contribution in [2.75, 3.05) is 13.1 Å². The van der Waals surface area contributed by atoms with E-state index < -0.39 is 0 Å². The predicted molar refractivity (Wildman–Crippen MR) is 76.3 cm³/mol. The highest BCUT2D eigenvalue weighted by molar-refractivity contribution is 5.76. The molecular weight excluding hydrogens is 224 g/mol. The molecule has 0 bridgehead atoms. The van der Waals surface area contributed by atoms with Gasteiger partial charge in [-0.2, -0.15) is 0 Å². The molecule has 2 unspecified atom stereocenters. The highest BCUT2D eigenvalue weighted by atomic mass is 16.2. The molecule has 0 heterocycles. The van der Waals surface area contributed by atoms with E-state index in [0.717, 1.165) is 19.4 Å². The minimum atomic E-state index is 0.234. The van der Waals surface area contributed by atoms with Crippen molar-refractivity contribution in [3.05, 3.63) is 0 Å². The van der Waals surface area contributed by atoms with Crippen molar-refractivity contribution in [2.24, 2.45) is 17.1 Å². The largest absolute Gasteiger partial charge is 0.340 e. The smallest absolute Gasteiger partial charge is 0.222 e. The van der Waals surface area contributed by atoms with Crippen LogP contribution in [0.5, 0.6) is 0 Å². The maximum atomic E-state index is 12.4. The summed E-state index contributed by atoms with van der Waals surface area (Å²) in [6, 6.07) is 0.396. The number of carbonyl (C=O) groups excluding carboxylic acids is 1. The van der Waals surface area contributed by atoms with E-state index in [9.17, 15) is 4.79 Å². The third-order valence-electron chi connectivity index (χ3n) is 4.07. The van der Waals surface area contributed by atoms with Crippen LogP contribution in [0.25, 0.3) is 0 Å². The van der Waals surface area contributed by atoms with Gasteiger partial charge in [-0.25, -0.2) is 0 Å². The highest BCUT2D eigenvalue weighted by Crippen LogP contribution is 2.30. The van der Waals surface area contributed by atoms with Crippen molar-refractivity contribution in [3.8, 4) is 0 Å². The first kappa shape index (κ1) is 15.5. The van der Waals surface area contributed by atoms with Crippen LogP contribution in [-0.4, -0.2) is 29.9 Å². The van der Waals surface area contributed by atoms with Gasteiger partial charge in [0.25, 0.3) is 0 Å². The molecule has 106 valence electrons. The summed E-state index contributed by atoms with van der Waals surface area (Å²) in [5.74, 6) is 0.835. The first-order valence-electron chi connectivity index (χ1n) is 7.38. The first-order chi connectivity index (χ1) is 8.39. The van der Waals surface area contributed by atoms with E-state index in [1.54, 1.807) is 0 Å². The van der Waals surface area contributed by atoms with E-state index in [1.165, 1.54) is 12.8 Å². The van der Waals surface area contributed by atoms with Crippen LogP contribution in [-0.2, 0) is 4.79 Å². The van der Waals surface area contributed by atoms with Crippen molar-refractivity contribution in [2.45, 2.75) is 65.8 Å². The van der Waals surface area contributed by atoms with E-state index in [4.69, 9.17) is 5.73 Å². The van der Waals surface area contributed by atoms with E-state index >= 15 is 0 Å². The molecule has 3 nitrogen and oxygen atoms in total. The minimum Gasteiger partial charge on any atom is -0.340 e.